The Morgan fingerprint density at radius 1 is 0.824 bits per heavy atom. The van der Waals surface area contributed by atoms with Gasteiger partial charge in [0.05, 0.1) is 19.7 Å². The first-order valence-electron chi connectivity index (χ1n) is 11.0. The predicted octanol–water partition coefficient (Wildman–Crippen LogP) is 5.58. The average Bonchev–Trinajstić information content (AvgIpc) is 2.85. The highest BCUT2D eigenvalue weighted by Gasteiger charge is 2.27. The van der Waals surface area contributed by atoms with Gasteiger partial charge in [0.2, 0.25) is 5.82 Å². The average molecular weight is 470 g/mol. The molecule has 3 aromatic rings. The van der Waals surface area contributed by atoms with Crippen molar-refractivity contribution in [1.29, 1.82) is 0 Å². The summed E-state index contributed by atoms with van der Waals surface area (Å²) >= 11 is 0. The van der Waals surface area contributed by atoms with Gasteiger partial charge in [-0.05, 0) is 41.8 Å². The van der Waals surface area contributed by atoms with E-state index in [0.717, 1.165) is 0 Å². The van der Waals surface area contributed by atoms with Crippen LogP contribution < -0.4 is 4.74 Å². The minimum Gasteiger partial charge on any atom is -0.500 e. The minimum absolute atomic E-state index is 0.0445. The molecule has 0 saturated carbocycles. The maximum atomic E-state index is 15.0. The summed E-state index contributed by atoms with van der Waals surface area (Å²) < 4.78 is 74.7. The van der Waals surface area contributed by atoms with Crippen LogP contribution in [0.4, 0.5) is 17.6 Å². The van der Waals surface area contributed by atoms with E-state index in [-0.39, 0.29) is 42.2 Å². The van der Waals surface area contributed by atoms with E-state index in [1.165, 1.54) is 48.5 Å². The maximum absolute atomic E-state index is 15.0. The molecule has 176 valence electrons. The number of halogens is 4. The number of allylic oxidation sites excluding steroid dienone is 1. The van der Waals surface area contributed by atoms with Crippen LogP contribution in [-0.4, -0.2) is 33.9 Å². The summed E-state index contributed by atoms with van der Waals surface area (Å²) in [6.07, 6.45) is 3.06. The van der Waals surface area contributed by atoms with Crippen molar-refractivity contribution in [2.75, 3.05) is 19.7 Å². The highest BCUT2D eigenvalue weighted by atomic mass is 19.2. The molecule has 0 bridgehead atoms. The van der Waals surface area contributed by atoms with Crippen molar-refractivity contribution in [2.24, 2.45) is 0 Å². The van der Waals surface area contributed by atoms with Crippen molar-refractivity contribution in [3.8, 4) is 28.0 Å². The predicted molar refractivity (Wildman–Crippen MR) is 124 cm³/mol. The van der Waals surface area contributed by atoms with E-state index in [9.17, 15) is 17.6 Å². The van der Waals surface area contributed by atoms with Crippen LogP contribution in [0.1, 0.15) is 18.4 Å². The fourth-order valence-corrected chi connectivity index (χ4v) is 3.92. The molecule has 1 heterocycles. The van der Waals surface area contributed by atoms with Crippen LogP contribution in [0, 0.1) is 23.3 Å². The molecule has 4 rings (SSSR count). The Morgan fingerprint density at radius 3 is 1.94 bits per heavy atom. The molecule has 0 unspecified atom stereocenters. The zero-order valence-electron chi connectivity index (χ0n) is 18.8. The van der Waals surface area contributed by atoms with E-state index in [1.807, 2.05) is 6.92 Å². The van der Waals surface area contributed by atoms with Crippen molar-refractivity contribution in [3.63, 3.8) is 0 Å². The first-order valence-corrected chi connectivity index (χ1v) is 11.0. The Labute approximate surface area is 196 Å². The molecular formula is C26H23BF4O3. The molecule has 1 aliphatic rings. The van der Waals surface area contributed by atoms with Gasteiger partial charge in [-0.15, -0.1) is 0 Å². The summed E-state index contributed by atoms with van der Waals surface area (Å²) in [6, 6.07) is 11.9. The van der Waals surface area contributed by atoms with Gasteiger partial charge in [-0.3, -0.25) is 0 Å². The Hall–Kier alpha value is -3.10. The van der Waals surface area contributed by atoms with Crippen LogP contribution in [0.25, 0.3) is 22.3 Å². The molecule has 0 radical (unpaired) electrons. The van der Waals surface area contributed by atoms with Gasteiger partial charge in [0.25, 0.3) is 0 Å². The summed E-state index contributed by atoms with van der Waals surface area (Å²) in [7, 11) is 1.68. The number of hydrogen-bond donors (Lipinski definition) is 0. The second-order valence-corrected chi connectivity index (χ2v) is 7.84. The molecule has 0 amide bonds. The molecule has 0 atom stereocenters. The first kappa shape index (κ1) is 24.0. The molecular weight excluding hydrogens is 447 g/mol. The van der Waals surface area contributed by atoms with Crippen molar-refractivity contribution in [3.05, 3.63) is 89.5 Å². The summed E-state index contributed by atoms with van der Waals surface area (Å²) in [4.78, 5) is 0. The minimum atomic E-state index is -1.07. The molecule has 1 aliphatic heterocycles. The Balaban J connectivity index is 1.57. The van der Waals surface area contributed by atoms with Crippen LogP contribution in [0.3, 0.4) is 0 Å². The lowest BCUT2D eigenvalue weighted by atomic mass is 9.94. The third-order valence-corrected chi connectivity index (χ3v) is 5.68. The first-order chi connectivity index (χ1) is 16.4. The fraction of sp³-hybridized carbons (Fsp3) is 0.231. The monoisotopic (exact) mass is 470 g/mol. The van der Waals surface area contributed by atoms with Crippen LogP contribution in [0.2, 0.25) is 0 Å². The lowest BCUT2D eigenvalue weighted by Gasteiger charge is -2.28. The summed E-state index contributed by atoms with van der Waals surface area (Å²) in [5.74, 6) is -4.63. The largest absolute Gasteiger partial charge is 0.500 e. The Morgan fingerprint density at radius 2 is 1.38 bits per heavy atom. The van der Waals surface area contributed by atoms with E-state index in [0.29, 0.717) is 11.1 Å². The highest BCUT2D eigenvalue weighted by Crippen LogP contribution is 2.34. The van der Waals surface area contributed by atoms with Gasteiger partial charge in [0.1, 0.15) is 0 Å². The van der Waals surface area contributed by atoms with Gasteiger partial charge in [-0.25, -0.2) is 13.2 Å². The van der Waals surface area contributed by atoms with Gasteiger partial charge >= 0.3 is 0 Å². The number of ether oxygens (including phenoxy) is 3. The van der Waals surface area contributed by atoms with Crippen molar-refractivity contribution < 1.29 is 31.8 Å². The molecule has 0 aromatic heterocycles. The van der Waals surface area contributed by atoms with Crippen LogP contribution in [-0.2, 0) is 9.47 Å². The third kappa shape index (κ3) is 4.74. The van der Waals surface area contributed by atoms with E-state index in [1.54, 1.807) is 20.0 Å². The van der Waals surface area contributed by atoms with Crippen molar-refractivity contribution in [2.45, 2.75) is 19.1 Å². The van der Waals surface area contributed by atoms with E-state index in [4.69, 9.17) is 14.2 Å². The molecule has 0 N–H and O–H groups in total. The Kier molecular flexibility index (Phi) is 7.39. The van der Waals surface area contributed by atoms with E-state index in [2.05, 4.69) is 0 Å². The quantitative estimate of drug-likeness (QED) is 0.268. The standard InChI is InChI=1S/C26H23BF4O3/c1-2-3-22-32-12-17(13-33-22)20-9-8-18(23(28)24(20)29)15-4-6-16(7-5-15)19-10-11-21(34-14-27)26(31)25(19)30/h2-11,17,22H,12-14,27H2,1H3/b3-2+. The fourth-order valence-electron chi connectivity index (χ4n) is 3.92. The van der Waals surface area contributed by atoms with Crippen molar-refractivity contribution in [1.82, 2.24) is 0 Å². The summed E-state index contributed by atoms with van der Waals surface area (Å²) in [6.45, 7) is 2.47. The van der Waals surface area contributed by atoms with Gasteiger partial charge in [0.15, 0.2) is 37.3 Å². The molecule has 3 aromatic carbocycles. The third-order valence-electron chi connectivity index (χ3n) is 5.68. The zero-order chi connectivity index (χ0) is 24.2. The topological polar surface area (TPSA) is 27.7 Å². The number of rotatable bonds is 6. The highest BCUT2D eigenvalue weighted by molar-refractivity contribution is 6.08. The molecule has 0 spiro atoms. The SMILES string of the molecule is BCOc1ccc(-c2ccc(-c3ccc(C4COC(/C=C/C)OC4)c(F)c3F)cc2)c(F)c1F. The second kappa shape index (κ2) is 10.4. The van der Waals surface area contributed by atoms with E-state index < -0.39 is 35.5 Å². The van der Waals surface area contributed by atoms with Gasteiger partial charge < -0.3 is 14.2 Å². The smallest absolute Gasteiger partial charge is 0.201 e. The van der Waals surface area contributed by atoms with E-state index >= 15 is 0 Å². The van der Waals surface area contributed by atoms with Crippen LogP contribution in [0.15, 0.2) is 60.7 Å². The summed E-state index contributed by atoms with van der Waals surface area (Å²) in [5.41, 5.74) is 1.10. The lowest BCUT2D eigenvalue weighted by molar-refractivity contribution is -0.159. The van der Waals surface area contributed by atoms with Crippen molar-refractivity contribution >= 4 is 7.85 Å². The molecule has 34 heavy (non-hydrogen) atoms. The molecule has 8 heteroatoms. The lowest BCUT2D eigenvalue weighted by Crippen LogP contribution is -2.30. The summed E-state index contributed by atoms with van der Waals surface area (Å²) in [5, 5.41) is 0. The normalized spacial score (nSPS) is 18.4. The molecule has 0 aliphatic carbocycles. The molecule has 3 nitrogen and oxygen atoms in total. The zero-order valence-corrected chi connectivity index (χ0v) is 18.8. The van der Waals surface area contributed by atoms with Crippen LogP contribution >= 0.6 is 0 Å². The van der Waals surface area contributed by atoms with Gasteiger partial charge in [-0.2, -0.15) is 4.39 Å². The Bertz CT molecular complexity index is 1190. The second-order valence-electron chi connectivity index (χ2n) is 7.84. The number of benzene rings is 3. The van der Waals surface area contributed by atoms with Crippen LogP contribution in [0.5, 0.6) is 5.75 Å². The molecule has 1 fully saturated rings. The van der Waals surface area contributed by atoms with Gasteiger partial charge in [0, 0.05) is 17.0 Å². The maximum Gasteiger partial charge on any atom is 0.201 e. The van der Waals surface area contributed by atoms with Gasteiger partial charge in [-0.1, -0.05) is 42.5 Å². The number of hydrogen-bond acceptors (Lipinski definition) is 3. The molecule has 1 saturated heterocycles.